The van der Waals surface area contributed by atoms with Gasteiger partial charge in [-0.2, -0.15) is 0 Å². The van der Waals surface area contributed by atoms with E-state index in [-0.39, 0.29) is 18.2 Å². The molecule has 5 rings (SSSR count). The molecule has 2 unspecified atom stereocenters. The molecule has 3 amide bonds. The standard InChI is InChI=1S/C28H29ClFN5O4/c1-35(12-4-6-24-20-13-16(29)8-11-21(20)34-28(38)39-24)27(37)19-5-2-3-7-25(36)32-22-14-17(30)9-10-18(22)23-15-31-26(19)33-23/h8-11,13-15,19,24H,2-7,12H2,1H3,(H,31,33)(H,32,36)(H,34,38). The molecule has 2 bridgehead atoms. The number of likely N-dealkylation sites (N-methyl/N-ethyl adjacent to an activating group) is 1. The highest BCUT2D eigenvalue weighted by Crippen LogP contribution is 2.36. The van der Waals surface area contributed by atoms with Gasteiger partial charge in [-0.15, -0.1) is 0 Å². The molecule has 0 fully saturated rings. The third kappa shape index (κ3) is 6.06. The molecule has 0 aliphatic carbocycles. The van der Waals surface area contributed by atoms with Gasteiger partial charge in [0, 0.05) is 36.2 Å². The Morgan fingerprint density at radius 3 is 2.85 bits per heavy atom. The van der Waals surface area contributed by atoms with Gasteiger partial charge >= 0.3 is 6.09 Å². The number of hydrogen-bond donors (Lipinski definition) is 3. The maximum Gasteiger partial charge on any atom is 0.412 e. The van der Waals surface area contributed by atoms with Crippen LogP contribution in [0.3, 0.4) is 0 Å². The van der Waals surface area contributed by atoms with Crippen LogP contribution in [-0.4, -0.2) is 46.4 Å². The molecule has 0 radical (unpaired) electrons. The minimum atomic E-state index is -0.522. The molecule has 2 aliphatic rings. The Morgan fingerprint density at radius 2 is 2.00 bits per heavy atom. The smallest absolute Gasteiger partial charge is 0.412 e. The molecule has 3 N–H and O–H groups in total. The number of carbonyl (C=O) groups is 3. The molecule has 1 aromatic heterocycles. The number of ether oxygens (including phenoxy) is 1. The molecule has 2 atom stereocenters. The number of fused-ring (bicyclic) bond motifs is 5. The van der Waals surface area contributed by atoms with E-state index < -0.39 is 23.9 Å². The first kappa shape index (κ1) is 26.7. The van der Waals surface area contributed by atoms with Crippen LogP contribution in [0, 0.1) is 5.82 Å². The number of rotatable bonds is 5. The molecule has 0 saturated carbocycles. The second-order valence-electron chi connectivity index (χ2n) is 9.87. The van der Waals surface area contributed by atoms with E-state index in [2.05, 4.69) is 20.6 Å². The zero-order valence-corrected chi connectivity index (χ0v) is 22.2. The zero-order chi connectivity index (χ0) is 27.5. The predicted octanol–water partition coefficient (Wildman–Crippen LogP) is 6.01. The summed E-state index contributed by atoms with van der Waals surface area (Å²) in [6, 6.07) is 9.42. The van der Waals surface area contributed by atoms with Gasteiger partial charge in [-0.1, -0.05) is 18.0 Å². The van der Waals surface area contributed by atoms with Crippen molar-refractivity contribution < 1.29 is 23.5 Å². The Bertz CT molecular complexity index is 1410. The summed E-state index contributed by atoms with van der Waals surface area (Å²) in [4.78, 5) is 47.4. The van der Waals surface area contributed by atoms with E-state index in [0.29, 0.717) is 72.1 Å². The van der Waals surface area contributed by atoms with Crippen LogP contribution in [0.25, 0.3) is 11.3 Å². The molecule has 2 aromatic carbocycles. The van der Waals surface area contributed by atoms with Gasteiger partial charge in [0.2, 0.25) is 11.8 Å². The first-order valence-electron chi connectivity index (χ1n) is 12.9. The van der Waals surface area contributed by atoms with E-state index >= 15 is 0 Å². The number of amides is 3. The van der Waals surface area contributed by atoms with Crippen molar-refractivity contribution in [1.82, 2.24) is 14.9 Å². The van der Waals surface area contributed by atoms with Crippen LogP contribution in [0.5, 0.6) is 0 Å². The Hall–Kier alpha value is -3.92. The summed E-state index contributed by atoms with van der Waals surface area (Å²) in [6.07, 6.45) is 3.78. The third-order valence-corrected chi connectivity index (χ3v) is 7.33. The van der Waals surface area contributed by atoms with Gasteiger partial charge in [0.15, 0.2) is 0 Å². The number of anilines is 2. The van der Waals surface area contributed by atoms with Crippen molar-refractivity contribution >= 4 is 40.9 Å². The lowest BCUT2D eigenvalue weighted by atomic mass is 9.97. The van der Waals surface area contributed by atoms with Crippen molar-refractivity contribution in [1.29, 1.82) is 0 Å². The van der Waals surface area contributed by atoms with Gasteiger partial charge in [-0.25, -0.2) is 14.2 Å². The monoisotopic (exact) mass is 553 g/mol. The molecule has 3 aromatic rings. The topological polar surface area (TPSA) is 116 Å². The summed E-state index contributed by atoms with van der Waals surface area (Å²) in [7, 11) is 1.74. The molecule has 9 nitrogen and oxygen atoms in total. The number of benzene rings is 2. The number of H-pyrrole nitrogens is 1. The lowest BCUT2D eigenvalue weighted by Gasteiger charge is -2.27. The molecule has 0 spiro atoms. The van der Waals surface area contributed by atoms with E-state index in [1.54, 1.807) is 42.4 Å². The second kappa shape index (κ2) is 11.4. The zero-order valence-electron chi connectivity index (χ0n) is 21.4. The Balaban J connectivity index is 1.29. The molecule has 0 saturated heterocycles. The Kier molecular flexibility index (Phi) is 7.83. The fourth-order valence-electron chi connectivity index (χ4n) is 5.08. The van der Waals surface area contributed by atoms with Gasteiger partial charge in [0.25, 0.3) is 0 Å². The summed E-state index contributed by atoms with van der Waals surface area (Å²) in [5.74, 6) is -0.751. The average molecular weight is 554 g/mol. The normalized spacial score (nSPS) is 18.8. The van der Waals surface area contributed by atoms with Crippen LogP contribution >= 0.6 is 11.6 Å². The minimum absolute atomic E-state index is 0.0949. The molecule has 2 aliphatic heterocycles. The molecule has 204 valence electrons. The molecular formula is C28H29ClFN5O4. The lowest BCUT2D eigenvalue weighted by molar-refractivity contribution is -0.132. The van der Waals surface area contributed by atoms with Gasteiger partial charge in [0.1, 0.15) is 17.7 Å². The van der Waals surface area contributed by atoms with Gasteiger partial charge in [-0.05, 0) is 62.1 Å². The highest BCUT2D eigenvalue weighted by Gasteiger charge is 2.29. The number of halogens is 2. The van der Waals surface area contributed by atoms with Crippen molar-refractivity contribution in [3.63, 3.8) is 0 Å². The van der Waals surface area contributed by atoms with Crippen LogP contribution in [0.15, 0.2) is 42.6 Å². The molecule has 39 heavy (non-hydrogen) atoms. The van der Waals surface area contributed by atoms with Crippen molar-refractivity contribution in [3.8, 4) is 11.3 Å². The number of cyclic esters (lactones) is 1. The van der Waals surface area contributed by atoms with Crippen molar-refractivity contribution in [3.05, 3.63) is 64.8 Å². The number of aromatic amines is 1. The van der Waals surface area contributed by atoms with E-state index in [0.717, 1.165) is 5.56 Å². The largest absolute Gasteiger partial charge is 0.441 e. The third-order valence-electron chi connectivity index (χ3n) is 7.10. The van der Waals surface area contributed by atoms with Crippen LogP contribution in [-0.2, 0) is 14.3 Å². The van der Waals surface area contributed by atoms with Gasteiger partial charge in [-0.3, -0.25) is 14.9 Å². The fraction of sp³-hybridized carbons (Fsp3) is 0.357. The van der Waals surface area contributed by atoms with Gasteiger partial charge < -0.3 is 19.9 Å². The first-order chi connectivity index (χ1) is 18.8. The highest BCUT2D eigenvalue weighted by molar-refractivity contribution is 6.30. The average Bonchev–Trinajstić information content (AvgIpc) is 3.38. The fourth-order valence-corrected chi connectivity index (χ4v) is 5.26. The maximum atomic E-state index is 13.9. The SMILES string of the molecule is CN(CCCC1OC(=O)Nc2ccc(Cl)cc21)C(=O)C1CCCCC(=O)Nc2cc(F)ccc2-c2cnc1[nH]2. The van der Waals surface area contributed by atoms with Gasteiger partial charge in [0.05, 0.1) is 29.2 Å². The summed E-state index contributed by atoms with van der Waals surface area (Å²) in [6.45, 7) is 0.449. The number of hydrogen-bond acceptors (Lipinski definition) is 5. The van der Waals surface area contributed by atoms with Crippen molar-refractivity contribution in [2.45, 2.75) is 50.5 Å². The number of nitrogens with zero attached hydrogens (tertiary/aromatic N) is 2. The minimum Gasteiger partial charge on any atom is -0.441 e. The van der Waals surface area contributed by atoms with E-state index in [9.17, 15) is 18.8 Å². The number of aromatic nitrogens is 2. The second-order valence-corrected chi connectivity index (χ2v) is 10.3. The summed E-state index contributed by atoms with van der Waals surface area (Å²) >= 11 is 6.15. The Morgan fingerprint density at radius 1 is 1.15 bits per heavy atom. The van der Waals surface area contributed by atoms with Crippen molar-refractivity contribution in [2.75, 3.05) is 24.2 Å². The van der Waals surface area contributed by atoms with Crippen LogP contribution in [0.4, 0.5) is 20.6 Å². The number of nitrogens with one attached hydrogen (secondary N) is 3. The van der Waals surface area contributed by atoms with Crippen molar-refractivity contribution in [2.24, 2.45) is 0 Å². The predicted molar refractivity (Wildman–Crippen MR) is 145 cm³/mol. The Labute approximate surface area is 230 Å². The summed E-state index contributed by atoms with van der Waals surface area (Å²) < 4.78 is 19.4. The van der Waals surface area contributed by atoms with E-state index in [1.807, 2.05) is 0 Å². The molecule has 11 heteroatoms. The maximum absolute atomic E-state index is 13.9. The van der Waals surface area contributed by atoms with E-state index in [4.69, 9.17) is 16.3 Å². The lowest BCUT2D eigenvalue weighted by Crippen LogP contribution is -2.33. The molecule has 3 heterocycles. The number of imidazole rings is 1. The highest BCUT2D eigenvalue weighted by atomic mass is 35.5. The van der Waals surface area contributed by atoms with Crippen LogP contribution in [0.2, 0.25) is 5.02 Å². The van der Waals surface area contributed by atoms with Crippen LogP contribution < -0.4 is 10.6 Å². The van der Waals surface area contributed by atoms with Crippen LogP contribution in [0.1, 0.15) is 61.9 Å². The van der Waals surface area contributed by atoms with E-state index in [1.165, 1.54) is 12.1 Å². The summed E-state index contributed by atoms with van der Waals surface area (Å²) in [5, 5.41) is 6.02. The molecular weight excluding hydrogens is 525 g/mol. The summed E-state index contributed by atoms with van der Waals surface area (Å²) in [5.41, 5.74) is 3.02. The first-order valence-corrected chi connectivity index (χ1v) is 13.3. The quantitative estimate of drug-likeness (QED) is 0.358. The number of carbonyl (C=O) groups excluding carboxylic acids is 3.